The molecule has 0 bridgehead atoms. The maximum Gasteiger partial charge on any atom is 0.333 e. The Morgan fingerprint density at radius 1 is 1.25 bits per heavy atom. The maximum atomic E-state index is 13.2. The Labute approximate surface area is 165 Å². The van der Waals surface area contributed by atoms with Gasteiger partial charge in [0, 0.05) is 17.0 Å². The van der Waals surface area contributed by atoms with Crippen molar-refractivity contribution in [2.24, 2.45) is 0 Å². The van der Waals surface area contributed by atoms with Crippen molar-refractivity contribution in [1.29, 1.82) is 0 Å². The van der Waals surface area contributed by atoms with Crippen LogP contribution in [-0.2, 0) is 16.0 Å². The molecule has 4 rings (SSSR count). The SMILES string of the molecule is COC(=O)C1c2ccsc2CCN1C(=O)c1cc(-c2cccc(OC)c2)n[nH]1. The highest BCUT2D eigenvalue weighted by Crippen LogP contribution is 2.35. The van der Waals surface area contributed by atoms with E-state index in [-0.39, 0.29) is 5.91 Å². The molecule has 1 aliphatic rings. The van der Waals surface area contributed by atoms with Crippen molar-refractivity contribution >= 4 is 23.2 Å². The number of ether oxygens (including phenoxy) is 2. The molecule has 0 radical (unpaired) electrons. The number of aromatic amines is 1. The van der Waals surface area contributed by atoms with Crippen LogP contribution < -0.4 is 4.74 Å². The molecule has 1 amide bonds. The molecule has 0 aliphatic carbocycles. The zero-order chi connectivity index (χ0) is 19.7. The Kier molecular flexibility index (Phi) is 4.87. The molecule has 1 unspecified atom stereocenters. The third-order valence-corrected chi connectivity index (χ3v) is 5.82. The number of aromatic nitrogens is 2. The summed E-state index contributed by atoms with van der Waals surface area (Å²) in [5.41, 5.74) is 2.62. The van der Waals surface area contributed by atoms with Crippen LogP contribution in [0.3, 0.4) is 0 Å². The van der Waals surface area contributed by atoms with Gasteiger partial charge in [0.15, 0.2) is 6.04 Å². The van der Waals surface area contributed by atoms with Crippen LogP contribution in [-0.4, -0.2) is 47.7 Å². The van der Waals surface area contributed by atoms with E-state index in [1.54, 1.807) is 29.4 Å². The monoisotopic (exact) mass is 397 g/mol. The third kappa shape index (κ3) is 3.16. The molecule has 0 spiro atoms. The van der Waals surface area contributed by atoms with Crippen LogP contribution in [0, 0.1) is 0 Å². The van der Waals surface area contributed by atoms with Crippen molar-refractivity contribution < 1.29 is 19.1 Å². The minimum atomic E-state index is -0.740. The van der Waals surface area contributed by atoms with Gasteiger partial charge in [0.1, 0.15) is 11.4 Å². The first kappa shape index (κ1) is 18.2. The first-order valence-corrected chi connectivity index (χ1v) is 9.65. The van der Waals surface area contributed by atoms with Crippen LogP contribution in [0.5, 0.6) is 5.75 Å². The van der Waals surface area contributed by atoms with Gasteiger partial charge in [-0.1, -0.05) is 12.1 Å². The molecular weight excluding hydrogens is 378 g/mol. The number of carbonyl (C=O) groups excluding carboxylic acids is 2. The van der Waals surface area contributed by atoms with Gasteiger partial charge in [-0.2, -0.15) is 5.10 Å². The minimum absolute atomic E-state index is 0.283. The molecule has 3 aromatic rings. The molecule has 144 valence electrons. The van der Waals surface area contributed by atoms with E-state index in [9.17, 15) is 9.59 Å². The number of nitrogens with zero attached hydrogens (tertiary/aromatic N) is 2. The minimum Gasteiger partial charge on any atom is -0.497 e. The predicted molar refractivity (Wildman–Crippen MR) is 104 cm³/mol. The second-order valence-electron chi connectivity index (χ2n) is 6.37. The molecule has 1 aromatic carbocycles. The highest BCUT2D eigenvalue weighted by Gasteiger charge is 2.38. The topological polar surface area (TPSA) is 84.5 Å². The lowest BCUT2D eigenvalue weighted by molar-refractivity contribution is -0.146. The maximum absolute atomic E-state index is 13.2. The number of methoxy groups -OCH3 is 2. The summed E-state index contributed by atoms with van der Waals surface area (Å²) >= 11 is 1.59. The van der Waals surface area contributed by atoms with Gasteiger partial charge in [-0.25, -0.2) is 4.79 Å². The molecule has 7 nitrogen and oxygen atoms in total. The first-order chi connectivity index (χ1) is 13.6. The molecule has 3 heterocycles. The lowest BCUT2D eigenvalue weighted by Gasteiger charge is -2.33. The second kappa shape index (κ2) is 7.47. The molecule has 1 aliphatic heterocycles. The van der Waals surface area contributed by atoms with Crippen LogP contribution in [0.15, 0.2) is 41.8 Å². The smallest absolute Gasteiger partial charge is 0.333 e. The highest BCUT2D eigenvalue weighted by atomic mass is 32.1. The quantitative estimate of drug-likeness (QED) is 0.684. The lowest BCUT2D eigenvalue weighted by Crippen LogP contribution is -2.43. The number of nitrogens with one attached hydrogen (secondary N) is 1. The molecule has 1 atom stereocenters. The molecule has 2 aromatic heterocycles. The Morgan fingerprint density at radius 3 is 2.89 bits per heavy atom. The third-order valence-electron chi connectivity index (χ3n) is 4.82. The average molecular weight is 397 g/mol. The van der Waals surface area contributed by atoms with Crippen molar-refractivity contribution in [2.75, 3.05) is 20.8 Å². The summed E-state index contributed by atoms with van der Waals surface area (Å²) in [6.07, 6.45) is 0.711. The fourth-order valence-corrected chi connectivity index (χ4v) is 4.32. The number of fused-ring (bicyclic) bond motifs is 1. The summed E-state index contributed by atoms with van der Waals surface area (Å²) in [4.78, 5) is 28.2. The number of rotatable bonds is 4. The van der Waals surface area contributed by atoms with Gasteiger partial charge in [-0.05, 0) is 41.6 Å². The van der Waals surface area contributed by atoms with Crippen molar-refractivity contribution in [2.45, 2.75) is 12.5 Å². The molecular formula is C20H19N3O4S. The van der Waals surface area contributed by atoms with E-state index in [0.717, 1.165) is 16.0 Å². The normalized spacial score (nSPS) is 15.8. The van der Waals surface area contributed by atoms with Crippen LogP contribution in [0.1, 0.15) is 27.0 Å². The second-order valence-corrected chi connectivity index (χ2v) is 7.37. The fourth-order valence-electron chi connectivity index (χ4n) is 3.42. The predicted octanol–water partition coefficient (Wildman–Crippen LogP) is 3.06. The van der Waals surface area contributed by atoms with E-state index in [0.29, 0.717) is 30.1 Å². The van der Waals surface area contributed by atoms with Crippen molar-refractivity contribution in [3.05, 3.63) is 57.9 Å². The summed E-state index contributed by atoms with van der Waals surface area (Å²) in [7, 11) is 2.93. The molecule has 1 N–H and O–H groups in total. The van der Waals surface area contributed by atoms with Gasteiger partial charge in [-0.15, -0.1) is 11.3 Å². The summed E-state index contributed by atoms with van der Waals surface area (Å²) < 4.78 is 10.2. The van der Waals surface area contributed by atoms with Gasteiger partial charge in [0.2, 0.25) is 0 Å². The number of amides is 1. The summed E-state index contributed by atoms with van der Waals surface area (Å²) in [5, 5.41) is 9.00. The van der Waals surface area contributed by atoms with Crippen LogP contribution in [0.25, 0.3) is 11.3 Å². The van der Waals surface area contributed by atoms with E-state index in [2.05, 4.69) is 10.2 Å². The number of H-pyrrole nitrogens is 1. The van der Waals surface area contributed by atoms with Crippen molar-refractivity contribution in [1.82, 2.24) is 15.1 Å². The Bertz CT molecular complexity index is 1030. The van der Waals surface area contributed by atoms with E-state index < -0.39 is 12.0 Å². The lowest BCUT2D eigenvalue weighted by atomic mass is 9.99. The first-order valence-electron chi connectivity index (χ1n) is 8.77. The summed E-state index contributed by atoms with van der Waals surface area (Å²) in [6, 6.07) is 10.3. The largest absolute Gasteiger partial charge is 0.497 e. The zero-order valence-corrected chi connectivity index (χ0v) is 16.3. The molecule has 0 saturated heterocycles. The van der Waals surface area contributed by atoms with E-state index in [1.165, 1.54) is 7.11 Å². The molecule has 0 fully saturated rings. The molecule has 8 heteroatoms. The zero-order valence-electron chi connectivity index (χ0n) is 15.5. The summed E-state index contributed by atoms with van der Waals surface area (Å²) in [6.45, 7) is 0.444. The molecule has 0 saturated carbocycles. The van der Waals surface area contributed by atoms with Crippen molar-refractivity contribution in [3.8, 4) is 17.0 Å². The summed E-state index contributed by atoms with van der Waals surface area (Å²) in [5.74, 6) is -0.0192. The van der Waals surface area contributed by atoms with Crippen molar-refractivity contribution in [3.63, 3.8) is 0 Å². The average Bonchev–Trinajstić information content (AvgIpc) is 3.41. The van der Waals surface area contributed by atoms with E-state index in [1.807, 2.05) is 35.7 Å². The van der Waals surface area contributed by atoms with Crippen LogP contribution in [0.4, 0.5) is 0 Å². The Hall–Kier alpha value is -3.13. The van der Waals surface area contributed by atoms with E-state index >= 15 is 0 Å². The van der Waals surface area contributed by atoms with Crippen LogP contribution >= 0.6 is 11.3 Å². The standard InChI is InChI=1S/C20H19N3O4S/c1-26-13-5-3-4-12(10-13)15-11-16(22-21-15)19(24)23-8-6-17-14(7-9-28-17)18(23)20(25)27-2/h3-5,7,9-11,18H,6,8H2,1-2H3,(H,21,22). The fraction of sp³-hybridized carbons (Fsp3) is 0.250. The number of esters is 1. The van der Waals surface area contributed by atoms with Gasteiger partial charge in [0.05, 0.1) is 19.9 Å². The van der Waals surface area contributed by atoms with Gasteiger partial charge in [-0.3, -0.25) is 9.89 Å². The number of hydrogen-bond acceptors (Lipinski definition) is 6. The number of thiophene rings is 1. The Balaban J connectivity index is 1.64. The Morgan fingerprint density at radius 2 is 2.11 bits per heavy atom. The van der Waals surface area contributed by atoms with Gasteiger partial charge in [0.25, 0.3) is 5.91 Å². The van der Waals surface area contributed by atoms with Gasteiger partial charge >= 0.3 is 5.97 Å². The van der Waals surface area contributed by atoms with Crippen LogP contribution in [0.2, 0.25) is 0 Å². The molecule has 28 heavy (non-hydrogen) atoms. The highest BCUT2D eigenvalue weighted by molar-refractivity contribution is 7.10. The number of hydrogen-bond donors (Lipinski definition) is 1. The number of benzene rings is 1. The van der Waals surface area contributed by atoms with E-state index in [4.69, 9.17) is 9.47 Å². The van der Waals surface area contributed by atoms with Gasteiger partial charge < -0.3 is 14.4 Å². The number of carbonyl (C=O) groups is 2.